The van der Waals surface area contributed by atoms with Gasteiger partial charge in [-0.05, 0) is 33.1 Å². The van der Waals surface area contributed by atoms with Crippen LogP contribution in [0.5, 0.6) is 0 Å². The summed E-state index contributed by atoms with van der Waals surface area (Å²) in [6, 6.07) is 0. The molecule has 1 aliphatic rings. The normalized spacial score (nSPS) is 17.9. The molecule has 2 rings (SSSR count). The minimum atomic E-state index is -0.253. The van der Waals surface area contributed by atoms with Crippen LogP contribution in [0.1, 0.15) is 68.5 Å². The third kappa shape index (κ3) is 4.20. The molecular formula is C15H26N2S2. The number of aryl methyl sites for hydroxylation is 1. The topological polar surface area (TPSA) is 38.9 Å². The van der Waals surface area contributed by atoms with Crippen LogP contribution in [-0.2, 0) is 17.7 Å². The van der Waals surface area contributed by atoms with Gasteiger partial charge in [0.05, 0.1) is 5.69 Å². The first-order chi connectivity index (χ1) is 9.00. The Morgan fingerprint density at radius 2 is 2.00 bits per heavy atom. The van der Waals surface area contributed by atoms with Crippen molar-refractivity contribution in [2.24, 2.45) is 5.73 Å². The summed E-state index contributed by atoms with van der Waals surface area (Å²) >= 11 is 3.92. The molecular weight excluding hydrogens is 272 g/mol. The van der Waals surface area contributed by atoms with Crippen LogP contribution in [0, 0.1) is 0 Å². The molecule has 2 nitrogen and oxygen atoms in total. The smallest absolute Gasteiger partial charge is 0.103 e. The highest BCUT2D eigenvalue weighted by Crippen LogP contribution is 2.34. The molecule has 0 amide bonds. The van der Waals surface area contributed by atoms with Gasteiger partial charge in [0.15, 0.2) is 0 Å². The highest BCUT2D eigenvalue weighted by Gasteiger charge is 2.23. The molecule has 1 aliphatic carbocycles. The van der Waals surface area contributed by atoms with E-state index in [4.69, 9.17) is 10.7 Å². The van der Waals surface area contributed by atoms with Gasteiger partial charge in [-0.2, -0.15) is 11.8 Å². The maximum absolute atomic E-state index is 6.25. The van der Waals surface area contributed by atoms with E-state index >= 15 is 0 Å². The van der Waals surface area contributed by atoms with Crippen molar-refractivity contribution in [3.63, 3.8) is 0 Å². The molecule has 0 aromatic carbocycles. The van der Waals surface area contributed by atoms with E-state index in [9.17, 15) is 0 Å². The Hall–Kier alpha value is -0.0600. The van der Waals surface area contributed by atoms with Crippen molar-refractivity contribution in [2.75, 3.05) is 0 Å². The molecule has 0 saturated heterocycles. The van der Waals surface area contributed by atoms with Gasteiger partial charge in [-0.1, -0.05) is 26.2 Å². The van der Waals surface area contributed by atoms with E-state index in [2.05, 4.69) is 32.5 Å². The van der Waals surface area contributed by atoms with Crippen LogP contribution in [0.25, 0.3) is 0 Å². The van der Waals surface area contributed by atoms with Crippen LogP contribution in [0.15, 0.2) is 0 Å². The van der Waals surface area contributed by atoms with E-state index in [1.165, 1.54) is 47.7 Å². The lowest BCUT2D eigenvalue weighted by atomic mass is 10.0. The first kappa shape index (κ1) is 15.3. The van der Waals surface area contributed by atoms with Crippen molar-refractivity contribution in [1.29, 1.82) is 0 Å². The molecule has 19 heavy (non-hydrogen) atoms. The number of nitrogens with two attached hydrogens (primary N) is 1. The lowest BCUT2D eigenvalue weighted by Gasteiger charge is -2.20. The van der Waals surface area contributed by atoms with Crippen molar-refractivity contribution >= 4 is 23.1 Å². The second-order valence-electron chi connectivity index (χ2n) is 6.03. The number of hydrogen-bond donors (Lipinski definition) is 1. The first-order valence-corrected chi connectivity index (χ1v) is 9.26. The number of nitrogens with zero attached hydrogens (tertiary/aromatic N) is 1. The van der Waals surface area contributed by atoms with Gasteiger partial charge in [0, 0.05) is 21.4 Å². The Kier molecular flexibility index (Phi) is 5.32. The van der Waals surface area contributed by atoms with E-state index < -0.39 is 0 Å². The predicted octanol–water partition coefficient (Wildman–Crippen LogP) is 4.47. The Labute approximate surface area is 125 Å². The minimum Gasteiger partial charge on any atom is -0.321 e. The van der Waals surface area contributed by atoms with Gasteiger partial charge < -0.3 is 5.73 Å². The maximum Gasteiger partial charge on any atom is 0.103 e. The van der Waals surface area contributed by atoms with E-state index in [0.29, 0.717) is 0 Å². The Bertz CT molecular complexity index is 401. The fraction of sp³-hybridized carbons (Fsp3) is 0.800. The SMILES string of the molecule is CCc1nc(CSC2CCCCC2)sc1C(C)(C)N. The van der Waals surface area contributed by atoms with Crippen molar-refractivity contribution in [3.05, 3.63) is 15.6 Å². The minimum absolute atomic E-state index is 0.253. The van der Waals surface area contributed by atoms with Gasteiger partial charge in [0.1, 0.15) is 5.01 Å². The van der Waals surface area contributed by atoms with Crippen molar-refractivity contribution in [2.45, 2.75) is 75.8 Å². The zero-order chi connectivity index (χ0) is 13.9. The third-order valence-electron chi connectivity index (χ3n) is 3.66. The molecule has 1 fully saturated rings. The average molecular weight is 299 g/mol. The first-order valence-electron chi connectivity index (χ1n) is 7.40. The number of thioether (sulfide) groups is 1. The van der Waals surface area contributed by atoms with Crippen molar-refractivity contribution in [1.82, 2.24) is 4.98 Å². The zero-order valence-electron chi connectivity index (χ0n) is 12.4. The Balaban J connectivity index is 1.98. The molecule has 2 N–H and O–H groups in total. The highest BCUT2D eigenvalue weighted by atomic mass is 32.2. The second kappa shape index (κ2) is 6.59. The number of hydrogen-bond acceptors (Lipinski definition) is 4. The molecule has 1 saturated carbocycles. The highest BCUT2D eigenvalue weighted by molar-refractivity contribution is 7.99. The quantitative estimate of drug-likeness (QED) is 0.872. The van der Waals surface area contributed by atoms with E-state index in [1.807, 2.05) is 11.3 Å². The van der Waals surface area contributed by atoms with Gasteiger partial charge in [0.25, 0.3) is 0 Å². The summed E-state index contributed by atoms with van der Waals surface area (Å²) in [5, 5.41) is 2.12. The maximum atomic E-state index is 6.25. The molecule has 0 bridgehead atoms. The second-order valence-corrected chi connectivity index (χ2v) is 8.40. The van der Waals surface area contributed by atoms with Gasteiger partial charge in [-0.25, -0.2) is 4.98 Å². The standard InChI is InChI=1S/C15H26N2S2/c1-4-12-14(15(2,3)16)19-13(17-12)10-18-11-8-6-5-7-9-11/h11H,4-10,16H2,1-3H3. The summed E-state index contributed by atoms with van der Waals surface area (Å²) in [7, 11) is 0. The van der Waals surface area contributed by atoms with Gasteiger partial charge >= 0.3 is 0 Å². The Morgan fingerprint density at radius 1 is 1.32 bits per heavy atom. The summed E-state index contributed by atoms with van der Waals surface area (Å²) in [5.74, 6) is 1.07. The van der Waals surface area contributed by atoms with Gasteiger partial charge in [-0.15, -0.1) is 11.3 Å². The van der Waals surface area contributed by atoms with Crippen LogP contribution in [0.4, 0.5) is 0 Å². The van der Waals surface area contributed by atoms with Gasteiger partial charge in [0.2, 0.25) is 0 Å². The van der Waals surface area contributed by atoms with Crippen LogP contribution in [-0.4, -0.2) is 10.2 Å². The molecule has 108 valence electrons. The van der Waals surface area contributed by atoms with E-state index in [1.54, 1.807) is 0 Å². The molecule has 0 radical (unpaired) electrons. The summed E-state index contributed by atoms with van der Waals surface area (Å²) in [6.07, 6.45) is 8.03. The zero-order valence-corrected chi connectivity index (χ0v) is 14.0. The van der Waals surface area contributed by atoms with E-state index in [-0.39, 0.29) is 5.54 Å². The molecule has 4 heteroatoms. The number of thiazole rings is 1. The lowest BCUT2D eigenvalue weighted by Crippen LogP contribution is -2.28. The monoisotopic (exact) mass is 298 g/mol. The van der Waals surface area contributed by atoms with Crippen LogP contribution < -0.4 is 5.73 Å². The summed E-state index contributed by atoms with van der Waals surface area (Å²) in [6.45, 7) is 6.33. The molecule has 0 unspecified atom stereocenters. The Morgan fingerprint density at radius 3 is 2.53 bits per heavy atom. The van der Waals surface area contributed by atoms with Crippen molar-refractivity contribution in [3.8, 4) is 0 Å². The average Bonchev–Trinajstić information content (AvgIpc) is 2.81. The summed E-state index contributed by atoms with van der Waals surface area (Å²) in [5.41, 5.74) is 7.20. The largest absolute Gasteiger partial charge is 0.321 e. The van der Waals surface area contributed by atoms with Crippen LogP contribution >= 0.6 is 23.1 Å². The van der Waals surface area contributed by atoms with E-state index in [0.717, 1.165) is 17.4 Å². The summed E-state index contributed by atoms with van der Waals surface area (Å²) < 4.78 is 0. The van der Waals surface area contributed by atoms with Crippen LogP contribution in [0.3, 0.4) is 0 Å². The molecule has 0 spiro atoms. The van der Waals surface area contributed by atoms with Crippen molar-refractivity contribution < 1.29 is 0 Å². The molecule has 0 aliphatic heterocycles. The molecule has 0 atom stereocenters. The molecule has 1 heterocycles. The number of aromatic nitrogens is 1. The van der Waals surface area contributed by atoms with Crippen LogP contribution in [0.2, 0.25) is 0 Å². The lowest BCUT2D eigenvalue weighted by molar-refractivity contribution is 0.516. The molecule has 1 aromatic heterocycles. The molecule has 1 aromatic rings. The predicted molar refractivity (Wildman–Crippen MR) is 86.9 cm³/mol. The number of rotatable bonds is 5. The fourth-order valence-corrected chi connectivity index (χ4v) is 5.14. The summed E-state index contributed by atoms with van der Waals surface area (Å²) in [4.78, 5) is 6.07. The third-order valence-corrected chi connectivity index (χ3v) is 6.66. The van der Waals surface area contributed by atoms with Gasteiger partial charge in [-0.3, -0.25) is 0 Å². The fourth-order valence-electron chi connectivity index (χ4n) is 2.63.